The van der Waals surface area contributed by atoms with Crippen molar-refractivity contribution in [3.05, 3.63) is 118 Å². The monoisotopic (exact) mass is 409 g/mol. The molecule has 0 aliphatic carbocycles. The molecular weight excluding hydrogens is 390 g/mol. The largest absolute Gasteiger partial charge is 0.507 e. The average molecular weight is 409 g/mol. The Bertz CT molecular complexity index is 1300. The van der Waals surface area contributed by atoms with E-state index in [1.54, 1.807) is 42.6 Å². The number of carbonyl (C=O) groups excluding carboxylic acids is 1. The summed E-state index contributed by atoms with van der Waals surface area (Å²) >= 11 is 0. The van der Waals surface area contributed by atoms with Crippen molar-refractivity contribution in [2.75, 3.05) is 0 Å². The quantitative estimate of drug-likeness (QED) is 0.358. The minimum atomic E-state index is -0.879. The van der Waals surface area contributed by atoms with Gasteiger partial charge in [-0.1, -0.05) is 72.3 Å². The molecule has 0 aliphatic rings. The summed E-state index contributed by atoms with van der Waals surface area (Å²) in [5.41, 5.74) is 2.31. The van der Waals surface area contributed by atoms with E-state index in [0.29, 0.717) is 5.56 Å². The second-order valence-electron chi connectivity index (χ2n) is 7.07. The Hall–Kier alpha value is -4.25. The number of para-hydroxylation sites is 1. The van der Waals surface area contributed by atoms with E-state index >= 15 is 0 Å². The predicted octanol–water partition coefficient (Wildman–Crippen LogP) is 5.30. The Morgan fingerprint density at radius 1 is 0.935 bits per heavy atom. The lowest BCUT2D eigenvalue weighted by molar-refractivity contribution is 0.103. The SMILES string of the molecule is Cc1ccc(-c2cc(O)c(C(=O)c3ccc(C=Nc4ccccc4)cc3)c(=O)o2)cc1. The molecule has 0 saturated heterocycles. The number of hydrogen-bond acceptors (Lipinski definition) is 5. The first-order chi connectivity index (χ1) is 15.0. The molecule has 1 aromatic heterocycles. The van der Waals surface area contributed by atoms with Gasteiger partial charge in [0.2, 0.25) is 5.78 Å². The van der Waals surface area contributed by atoms with Crippen LogP contribution in [0.4, 0.5) is 5.69 Å². The number of aliphatic imine (C=N–C) groups is 1. The van der Waals surface area contributed by atoms with Gasteiger partial charge in [-0.05, 0) is 24.6 Å². The van der Waals surface area contributed by atoms with Crippen molar-refractivity contribution in [3.8, 4) is 17.1 Å². The fraction of sp³-hybridized carbons (Fsp3) is 0.0385. The molecule has 0 fully saturated rings. The molecule has 152 valence electrons. The standard InChI is InChI=1S/C26H19NO4/c1-17-7-11-19(12-8-17)23-15-22(28)24(26(30)31-23)25(29)20-13-9-18(10-14-20)16-27-21-5-3-2-4-6-21/h2-16,28H,1H3. The highest BCUT2D eigenvalue weighted by Gasteiger charge is 2.21. The summed E-state index contributed by atoms with van der Waals surface area (Å²) < 4.78 is 5.31. The van der Waals surface area contributed by atoms with E-state index in [-0.39, 0.29) is 16.9 Å². The van der Waals surface area contributed by atoms with Gasteiger partial charge in [0.1, 0.15) is 17.1 Å². The summed E-state index contributed by atoms with van der Waals surface area (Å²) in [6.45, 7) is 1.94. The van der Waals surface area contributed by atoms with Crippen LogP contribution in [0, 0.1) is 6.92 Å². The van der Waals surface area contributed by atoms with Crippen molar-refractivity contribution in [1.82, 2.24) is 0 Å². The first-order valence-corrected chi connectivity index (χ1v) is 9.69. The first-order valence-electron chi connectivity index (χ1n) is 9.69. The summed E-state index contributed by atoms with van der Waals surface area (Å²) in [6.07, 6.45) is 1.69. The maximum absolute atomic E-state index is 12.8. The van der Waals surface area contributed by atoms with Crippen molar-refractivity contribution in [2.45, 2.75) is 6.92 Å². The van der Waals surface area contributed by atoms with Gasteiger partial charge in [0.25, 0.3) is 0 Å². The molecule has 1 N–H and O–H groups in total. The molecule has 0 aliphatic heterocycles. The Morgan fingerprint density at radius 2 is 1.61 bits per heavy atom. The lowest BCUT2D eigenvalue weighted by Crippen LogP contribution is -2.15. The topological polar surface area (TPSA) is 79.9 Å². The Labute approximate surface area is 179 Å². The van der Waals surface area contributed by atoms with Crippen molar-refractivity contribution in [3.63, 3.8) is 0 Å². The molecule has 4 rings (SSSR count). The first kappa shape index (κ1) is 20.0. The van der Waals surface area contributed by atoms with Gasteiger partial charge >= 0.3 is 5.63 Å². The molecule has 5 nitrogen and oxygen atoms in total. The van der Waals surface area contributed by atoms with Gasteiger partial charge < -0.3 is 9.52 Å². The number of benzene rings is 3. The summed E-state index contributed by atoms with van der Waals surface area (Å²) in [5, 5.41) is 10.4. The van der Waals surface area contributed by atoms with E-state index in [4.69, 9.17) is 4.42 Å². The van der Waals surface area contributed by atoms with Crippen LogP contribution >= 0.6 is 0 Å². The summed E-state index contributed by atoms with van der Waals surface area (Å²) in [7, 11) is 0. The number of carbonyl (C=O) groups is 1. The third-order valence-electron chi connectivity index (χ3n) is 4.79. The molecule has 31 heavy (non-hydrogen) atoms. The summed E-state index contributed by atoms with van der Waals surface area (Å²) in [6, 6.07) is 24.7. The molecule has 5 heteroatoms. The van der Waals surface area contributed by atoms with Crippen LogP contribution in [0.5, 0.6) is 5.75 Å². The Kier molecular flexibility index (Phi) is 5.58. The lowest BCUT2D eigenvalue weighted by atomic mass is 10.0. The van der Waals surface area contributed by atoms with E-state index in [1.165, 1.54) is 6.07 Å². The fourth-order valence-electron chi connectivity index (χ4n) is 3.08. The van der Waals surface area contributed by atoms with E-state index in [2.05, 4.69) is 4.99 Å². The maximum atomic E-state index is 12.8. The van der Waals surface area contributed by atoms with Crippen LogP contribution in [0.1, 0.15) is 27.0 Å². The van der Waals surface area contributed by atoms with Crippen LogP contribution in [-0.4, -0.2) is 17.1 Å². The third kappa shape index (κ3) is 4.51. The summed E-state index contributed by atoms with van der Waals surface area (Å²) in [5.74, 6) is -0.814. The van der Waals surface area contributed by atoms with Crippen LogP contribution in [0.2, 0.25) is 0 Å². The molecule has 0 amide bonds. The van der Waals surface area contributed by atoms with E-state index in [1.807, 2.05) is 49.4 Å². The second-order valence-corrected chi connectivity index (χ2v) is 7.07. The highest BCUT2D eigenvalue weighted by atomic mass is 16.4. The van der Waals surface area contributed by atoms with Crippen LogP contribution < -0.4 is 5.63 Å². The van der Waals surface area contributed by atoms with Crippen molar-refractivity contribution in [2.24, 2.45) is 4.99 Å². The Balaban J connectivity index is 1.58. The number of aryl methyl sites for hydroxylation is 1. The number of nitrogens with zero attached hydrogens (tertiary/aromatic N) is 1. The molecule has 0 saturated carbocycles. The zero-order valence-corrected chi connectivity index (χ0v) is 16.8. The second kappa shape index (κ2) is 8.63. The van der Waals surface area contributed by atoms with E-state index in [0.717, 1.165) is 16.8 Å². The van der Waals surface area contributed by atoms with Gasteiger partial charge in [0.15, 0.2) is 0 Å². The third-order valence-corrected chi connectivity index (χ3v) is 4.79. The number of rotatable bonds is 5. The van der Waals surface area contributed by atoms with Crippen molar-refractivity contribution < 1.29 is 14.3 Å². The van der Waals surface area contributed by atoms with Crippen LogP contribution in [0.3, 0.4) is 0 Å². The van der Waals surface area contributed by atoms with Crippen molar-refractivity contribution >= 4 is 17.7 Å². The minimum absolute atomic E-state index is 0.200. The highest BCUT2D eigenvalue weighted by Crippen LogP contribution is 2.26. The molecule has 0 atom stereocenters. The van der Waals surface area contributed by atoms with Crippen LogP contribution in [0.15, 0.2) is 99.1 Å². The van der Waals surface area contributed by atoms with Gasteiger partial charge in [-0.25, -0.2) is 4.79 Å². The van der Waals surface area contributed by atoms with Crippen LogP contribution in [-0.2, 0) is 0 Å². The molecule has 1 heterocycles. The van der Waals surface area contributed by atoms with Crippen LogP contribution in [0.25, 0.3) is 11.3 Å². The van der Waals surface area contributed by atoms with Gasteiger partial charge in [-0.3, -0.25) is 9.79 Å². The molecule has 0 spiro atoms. The zero-order valence-electron chi connectivity index (χ0n) is 16.8. The zero-order chi connectivity index (χ0) is 21.8. The maximum Gasteiger partial charge on any atom is 0.351 e. The smallest absolute Gasteiger partial charge is 0.351 e. The number of ketones is 1. The van der Waals surface area contributed by atoms with E-state index in [9.17, 15) is 14.7 Å². The van der Waals surface area contributed by atoms with E-state index < -0.39 is 17.2 Å². The average Bonchev–Trinajstić information content (AvgIpc) is 2.78. The van der Waals surface area contributed by atoms with Gasteiger partial charge in [-0.2, -0.15) is 0 Å². The van der Waals surface area contributed by atoms with Gasteiger partial charge in [0, 0.05) is 23.4 Å². The number of hydrogen-bond donors (Lipinski definition) is 1. The minimum Gasteiger partial charge on any atom is -0.507 e. The lowest BCUT2D eigenvalue weighted by Gasteiger charge is -2.06. The Morgan fingerprint density at radius 3 is 2.26 bits per heavy atom. The number of aromatic hydroxyl groups is 1. The van der Waals surface area contributed by atoms with Gasteiger partial charge in [0.05, 0.1) is 5.69 Å². The fourth-order valence-corrected chi connectivity index (χ4v) is 3.08. The normalized spacial score (nSPS) is 11.0. The molecule has 0 radical (unpaired) electrons. The predicted molar refractivity (Wildman–Crippen MR) is 120 cm³/mol. The molecule has 0 bridgehead atoms. The van der Waals surface area contributed by atoms with Crippen molar-refractivity contribution in [1.29, 1.82) is 0 Å². The highest BCUT2D eigenvalue weighted by molar-refractivity contribution is 6.10. The molecule has 0 unspecified atom stereocenters. The van der Waals surface area contributed by atoms with Gasteiger partial charge in [-0.15, -0.1) is 0 Å². The molecular formula is C26H19NO4. The molecule has 4 aromatic rings. The molecule has 3 aromatic carbocycles. The summed E-state index contributed by atoms with van der Waals surface area (Å²) in [4.78, 5) is 29.7.